The van der Waals surface area contributed by atoms with Gasteiger partial charge in [-0.1, -0.05) is 6.07 Å². The van der Waals surface area contributed by atoms with Gasteiger partial charge in [-0.15, -0.1) is 0 Å². The number of carbonyl (C=O) groups excluding carboxylic acids is 2. The standard InChI is InChI=1S/C17H24N2O5/c1-23-16(21)10-13-8-12-2-3-15(20)9-14(12)11-19(17(13)22)5-7-24-6-4-18/h2-3,9,13,20H,4-8,10-11,18H2,1H3/t13-/m0/s1. The van der Waals surface area contributed by atoms with E-state index in [2.05, 4.69) is 0 Å². The second-order valence-electron chi connectivity index (χ2n) is 5.80. The van der Waals surface area contributed by atoms with Crippen molar-refractivity contribution in [3.05, 3.63) is 29.3 Å². The summed E-state index contributed by atoms with van der Waals surface area (Å²) in [5, 5.41) is 9.71. The van der Waals surface area contributed by atoms with Gasteiger partial charge in [0.2, 0.25) is 5.91 Å². The molecule has 0 saturated heterocycles. The molecule has 0 aromatic heterocycles. The molecule has 1 aromatic carbocycles. The topological polar surface area (TPSA) is 102 Å². The zero-order valence-corrected chi connectivity index (χ0v) is 13.9. The molecule has 2 rings (SSSR count). The zero-order valence-electron chi connectivity index (χ0n) is 13.9. The first-order valence-corrected chi connectivity index (χ1v) is 7.99. The summed E-state index contributed by atoms with van der Waals surface area (Å²) in [6, 6.07) is 5.06. The van der Waals surface area contributed by atoms with E-state index in [0.29, 0.717) is 39.3 Å². The fraction of sp³-hybridized carbons (Fsp3) is 0.529. The van der Waals surface area contributed by atoms with Crippen molar-refractivity contribution in [2.45, 2.75) is 19.4 Å². The Hall–Kier alpha value is -2.12. The van der Waals surface area contributed by atoms with Crippen LogP contribution in [0.25, 0.3) is 0 Å². The van der Waals surface area contributed by atoms with Gasteiger partial charge in [-0.05, 0) is 29.7 Å². The third-order valence-electron chi connectivity index (χ3n) is 4.09. The van der Waals surface area contributed by atoms with E-state index in [0.717, 1.165) is 11.1 Å². The van der Waals surface area contributed by atoms with Gasteiger partial charge in [0.15, 0.2) is 0 Å². The maximum atomic E-state index is 12.8. The number of phenolic OH excluding ortho intramolecular Hbond substituents is 1. The number of benzene rings is 1. The Morgan fingerprint density at radius 2 is 2.17 bits per heavy atom. The molecule has 0 fully saturated rings. The van der Waals surface area contributed by atoms with Crippen LogP contribution in [0.3, 0.4) is 0 Å². The van der Waals surface area contributed by atoms with E-state index >= 15 is 0 Å². The first-order valence-electron chi connectivity index (χ1n) is 7.99. The number of ether oxygens (including phenoxy) is 2. The third-order valence-corrected chi connectivity index (χ3v) is 4.09. The van der Waals surface area contributed by atoms with Crippen LogP contribution in [0, 0.1) is 5.92 Å². The van der Waals surface area contributed by atoms with E-state index in [1.807, 2.05) is 0 Å². The van der Waals surface area contributed by atoms with Gasteiger partial charge in [0, 0.05) is 19.6 Å². The molecule has 1 atom stereocenters. The Labute approximate surface area is 141 Å². The summed E-state index contributed by atoms with van der Waals surface area (Å²) in [6.45, 7) is 2.03. The summed E-state index contributed by atoms with van der Waals surface area (Å²) in [4.78, 5) is 26.1. The molecule has 0 spiro atoms. The number of phenols is 1. The number of nitrogens with zero attached hydrogens (tertiary/aromatic N) is 1. The summed E-state index contributed by atoms with van der Waals surface area (Å²) in [5.74, 6) is -0.827. The number of methoxy groups -OCH3 is 1. The molecule has 24 heavy (non-hydrogen) atoms. The van der Waals surface area contributed by atoms with Crippen LogP contribution in [-0.2, 0) is 32.0 Å². The molecule has 132 valence electrons. The molecule has 0 saturated carbocycles. The predicted octanol–water partition coefficient (Wildman–Crippen LogP) is 0.431. The van der Waals surface area contributed by atoms with Crippen molar-refractivity contribution < 1.29 is 24.2 Å². The number of hydrogen-bond donors (Lipinski definition) is 2. The van der Waals surface area contributed by atoms with Crippen LogP contribution in [0.15, 0.2) is 18.2 Å². The SMILES string of the molecule is COC(=O)C[C@@H]1Cc2ccc(O)cc2CN(CCOCCN)C1=O. The normalized spacial score (nSPS) is 17.3. The summed E-state index contributed by atoms with van der Waals surface area (Å²) in [6.07, 6.45) is 0.486. The van der Waals surface area contributed by atoms with Gasteiger partial charge < -0.3 is 25.2 Å². The van der Waals surface area contributed by atoms with Gasteiger partial charge in [-0.2, -0.15) is 0 Å². The summed E-state index contributed by atoms with van der Waals surface area (Å²) in [5.41, 5.74) is 7.23. The van der Waals surface area contributed by atoms with Gasteiger partial charge in [0.1, 0.15) is 5.75 Å². The minimum Gasteiger partial charge on any atom is -0.508 e. The molecular formula is C17H24N2O5. The predicted molar refractivity (Wildman–Crippen MR) is 87.2 cm³/mol. The van der Waals surface area contributed by atoms with Gasteiger partial charge in [-0.3, -0.25) is 9.59 Å². The van der Waals surface area contributed by atoms with Crippen molar-refractivity contribution in [2.24, 2.45) is 11.7 Å². The molecule has 1 aliphatic heterocycles. The first kappa shape index (κ1) is 18.2. The van der Waals surface area contributed by atoms with Crippen molar-refractivity contribution in [3.63, 3.8) is 0 Å². The molecule has 1 aliphatic rings. The van der Waals surface area contributed by atoms with Crippen molar-refractivity contribution in [3.8, 4) is 5.75 Å². The fourth-order valence-corrected chi connectivity index (χ4v) is 2.85. The van der Waals surface area contributed by atoms with E-state index < -0.39 is 11.9 Å². The van der Waals surface area contributed by atoms with Crippen molar-refractivity contribution in [2.75, 3.05) is 33.4 Å². The van der Waals surface area contributed by atoms with E-state index in [9.17, 15) is 14.7 Å². The summed E-state index contributed by atoms with van der Waals surface area (Å²) in [7, 11) is 1.31. The fourth-order valence-electron chi connectivity index (χ4n) is 2.85. The van der Waals surface area contributed by atoms with Crippen LogP contribution in [0.2, 0.25) is 0 Å². The first-order chi connectivity index (χ1) is 11.5. The average Bonchev–Trinajstić information content (AvgIpc) is 2.69. The summed E-state index contributed by atoms with van der Waals surface area (Å²) >= 11 is 0. The molecule has 1 amide bonds. The second kappa shape index (κ2) is 8.65. The van der Waals surface area contributed by atoms with Crippen LogP contribution >= 0.6 is 0 Å². The Morgan fingerprint density at radius 1 is 1.38 bits per heavy atom. The molecule has 7 heteroatoms. The highest BCUT2D eigenvalue weighted by molar-refractivity contribution is 5.84. The van der Waals surface area contributed by atoms with Crippen LogP contribution < -0.4 is 5.73 Å². The Bertz CT molecular complexity index is 590. The van der Waals surface area contributed by atoms with E-state index in [1.165, 1.54) is 7.11 Å². The minimum absolute atomic E-state index is 0.0375. The van der Waals surface area contributed by atoms with E-state index in [-0.39, 0.29) is 18.1 Å². The lowest BCUT2D eigenvalue weighted by atomic mass is 9.94. The van der Waals surface area contributed by atoms with Crippen molar-refractivity contribution >= 4 is 11.9 Å². The van der Waals surface area contributed by atoms with Crippen LogP contribution in [0.4, 0.5) is 0 Å². The quantitative estimate of drug-likeness (QED) is 0.553. The van der Waals surface area contributed by atoms with Gasteiger partial charge in [0.05, 0.1) is 32.7 Å². The highest BCUT2D eigenvalue weighted by atomic mass is 16.5. The van der Waals surface area contributed by atoms with Gasteiger partial charge in [-0.25, -0.2) is 0 Å². The largest absolute Gasteiger partial charge is 0.508 e. The average molecular weight is 336 g/mol. The number of esters is 1. The maximum Gasteiger partial charge on any atom is 0.306 e. The minimum atomic E-state index is -0.474. The monoisotopic (exact) mass is 336 g/mol. The number of aromatic hydroxyl groups is 1. The number of carbonyl (C=O) groups is 2. The molecule has 0 bridgehead atoms. The molecule has 3 N–H and O–H groups in total. The lowest BCUT2D eigenvalue weighted by Gasteiger charge is -2.24. The third kappa shape index (κ3) is 4.69. The molecule has 1 aromatic rings. The van der Waals surface area contributed by atoms with Crippen LogP contribution in [-0.4, -0.2) is 55.3 Å². The summed E-state index contributed by atoms with van der Waals surface area (Å²) < 4.78 is 10.1. The Morgan fingerprint density at radius 3 is 2.88 bits per heavy atom. The highest BCUT2D eigenvalue weighted by Crippen LogP contribution is 2.27. The lowest BCUT2D eigenvalue weighted by Crippen LogP contribution is -2.38. The lowest BCUT2D eigenvalue weighted by molar-refractivity contribution is -0.147. The van der Waals surface area contributed by atoms with Crippen LogP contribution in [0.1, 0.15) is 17.5 Å². The molecule has 0 unspecified atom stereocenters. The molecule has 0 radical (unpaired) electrons. The second-order valence-corrected chi connectivity index (χ2v) is 5.80. The number of amides is 1. The number of rotatable bonds is 7. The molecule has 7 nitrogen and oxygen atoms in total. The van der Waals surface area contributed by atoms with E-state index in [4.69, 9.17) is 15.2 Å². The van der Waals surface area contributed by atoms with Crippen molar-refractivity contribution in [1.29, 1.82) is 0 Å². The Balaban J connectivity index is 2.19. The van der Waals surface area contributed by atoms with Gasteiger partial charge in [0.25, 0.3) is 0 Å². The smallest absolute Gasteiger partial charge is 0.306 e. The molecule has 0 aliphatic carbocycles. The number of fused-ring (bicyclic) bond motifs is 1. The van der Waals surface area contributed by atoms with E-state index in [1.54, 1.807) is 23.1 Å². The van der Waals surface area contributed by atoms with Crippen LogP contribution in [0.5, 0.6) is 5.75 Å². The van der Waals surface area contributed by atoms with Crippen molar-refractivity contribution in [1.82, 2.24) is 4.90 Å². The maximum absolute atomic E-state index is 12.8. The Kier molecular flexibility index (Phi) is 6.57. The molecule has 1 heterocycles. The number of hydrogen-bond acceptors (Lipinski definition) is 6. The highest BCUT2D eigenvalue weighted by Gasteiger charge is 2.31. The zero-order chi connectivity index (χ0) is 17.5. The molecular weight excluding hydrogens is 312 g/mol. The van der Waals surface area contributed by atoms with Gasteiger partial charge >= 0.3 is 5.97 Å². The number of nitrogens with two attached hydrogens (primary N) is 1.